The third-order valence-electron chi connectivity index (χ3n) is 2.62. The summed E-state index contributed by atoms with van der Waals surface area (Å²) in [5.74, 6) is 1.05. The Labute approximate surface area is 104 Å². The van der Waals surface area contributed by atoms with E-state index < -0.39 is 0 Å². The largest absolute Gasteiger partial charge is 0.341 e. The number of rotatable bonds is 5. The molecule has 0 aliphatic rings. The third-order valence-corrected chi connectivity index (χ3v) is 3.05. The van der Waals surface area contributed by atoms with Crippen molar-refractivity contribution >= 4 is 27.1 Å². The van der Waals surface area contributed by atoms with E-state index in [2.05, 4.69) is 37.8 Å². The highest BCUT2D eigenvalue weighted by atomic mass is 79.9. The Morgan fingerprint density at radius 1 is 1.31 bits per heavy atom. The number of aromatic nitrogens is 3. The van der Waals surface area contributed by atoms with Gasteiger partial charge >= 0.3 is 0 Å². The molecule has 1 N–H and O–H groups in total. The smallest absolute Gasteiger partial charge is 0.177 e. The topological polar surface area (TPSA) is 41.6 Å². The number of halogens is 1. The summed E-state index contributed by atoms with van der Waals surface area (Å²) >= 11 is 3.40. The summed E-state index contributed by atoms with van der Waals surface area (Å²) in [6.45, 7) is 2.22. The second kappa shape index (κ2) is 5.43. The van der Waals surface area contributed by atoms with Gasteiger partial charge in [0.25, 0.3) is 0 Å². The van der Waals surface area contributed by atoms with Crippen molar-refractivity contribution in [2.24, 2.45) is 0 Å². The van der Waals surface area contributed by atoms with Gasteiger partial charge in [-0.1, -0.05) is 26.2 Å². The van der Waals surface area contributed by atoms with Crippen LogP contribution in [0.4, 0.5) is 0 Å². The second-order valence-electron chi connectivity index (χ2n) is 4.02. The highest BCUT2D eigenvalue weighted by Crippen LogP contribution is 2.16. The van der Waals surface area contributed by atoms with Crippen LogP contribution >= 0.6 is 15.9 Å². The van der Waals surface area contributed by atoms with Gasteiger partial charge in [0.15, 0.2) is 5.65 Å². The first-order valence-corrected chi connectivity index (χ1v) is 6.59. The third kappa shape index (κ3) is 2.82. The molecule has 4 heteroatoms. The minimum Gasteiger partial charge on any atom is -0.341 e. The predicted molar refractivity (Wildman–Crippen MR) is 69.4 cm³/mol. The number of pyridine rings is 1. The van der Waals surface area contributed by atoms with Crippen molar-refractivity contribution in [2.45, 2.75) is 39.0 Å². The summed E-state index contributed by atoms with van der Waals surface area (Å²) in [7, 11) is 0. The summed E-state index contributed by atoms with van der Waals surface area (Å²) in [6, 6.07) is 2.02. The van der Waals surface area contributed by atoms with Crippen LogP contribution in [0.15, 0.2) is 16.7 Å². The van der Waals surface area contributed by atoms with Gasteiger partial charge in [0, 0.05) is 17.1 Å². The molecule has 16 heavy (non-hydrogen) atoms. The zero-order valence-corrected chi connectivity index (χ0v) is 11.0. The van der Waals surface area contributed by atoms with Gasteiger partial charge in [0.1, 0.15) is 5.82 Å². The number of hydrogen-bond acceptors (Lipinski definition) is 2. The number of hydrogen-bond donors (Lipinski definition) is 1. The molecule has 2 rings (SSSR count). The quantitative estimate of drug-likeness (QED) is 0.846. The first kappa shape index (κ1) is 11.6. The molecule has 0 aromatic carbocycles. The molecule has 0 aliphatic carbocycles. The molecule has 0 aliphatic heterocycles. The molecule has 0 amide bonds. The van der Waals surface area contributed by atoms with Crippen molar-refractivity contribution in [3.05, 3.63) is 22.6 Å². The van der Waals surface area contributed by atoms with Crippen molar-refractivity contribution in [1.82, 2.24) is 15.0 Å². The Balaban J connectivity index is 2.02. The predicted octanol–water partition coefficient (Wildman–Crippen LogP) is 3.84. The van der Waals surface area contributed by atoms with Crippen LogP contribution in [0.25, 0.3) is 11.2 Å². The summed E-state index contributed by atoms with van der Waals surface area (Å²) in [4.78, 5) is 12.0. The van der Waals surface area contributed by atoms with Gasteiger partial charge in [-0.05, 0) is 28.4 Å². The molecule has 3 nitrogen and oxygen atoms in total. The molecule has 0 bridgehead atoms. The Morgan fingerprint density at radius 3 is 3.00 bits per heavy atom. The SMILES string of the molecule is CCCCCCc1nc2ncc(Br)cc2[nH]1. The fourth-order valence-corrected chi connectivity index (χ4v) is 2.09. The molecule has 0 spiro atoms. The number of aromatic amines is 1. The standard InChI is InChI=1S/C12H16BrN3/c1-2-3-4-5-6-11-15-10-7-9(13)8-14-12(10)16-11/h7-8H,2-6H2,1H3,(H,14,15,16). The summed E-state index contributed by atoms with van der Waals surface area (Å²) in [5, 5.41) is 0. The van der Waals surface area contributed by atoms with Crippen molar-refractivity contribution < 1.29 is 0 Å². The van der Waals surface area contributed by atoms with Gasteiger partial charge in [-0.2, -0.15) is 0 Å². The van der Waals surface area contributed by atoms with Crippen molar-refractivity contribution in [3.63, 3.8) is 0 Å². The lowest BCUT2D eigenvalue weighted by atomic mass is 10.1. The summed E-state index contributed by atoms with van der Waals surface area (Å²) < 4.78 is 0.987. The van der Waals surface area contributed by atoms with Crippen LogP contribution in [-0.2, 0) is 6.42 Å². The van der Waals surface area contributed by atoms with Crippen LogP contribution in [0.2, 0.25) is 0 Å². The molecule has 2 heterocycles. The number of fused-ring (bicyclic) bond motifs is 1. The van der Waals surface area contributed by atoms with E-state index in [9.17, 15) is 0 Å². The van der Waals surface area contributed by atoms with E-state index in [4.69, 9.17) is 0 Å². The first-order valence-electron chi connectivity index (χ1n) is 5.79. The molecular formula is C12H16BrN3. The van der Waals surface area contributed by atoms with Crippen molar-refractivity contribution in [1.29, 1.82) is 0 Å². The maximum absolute atomic E-state index is 4.46. The van der Waals surface area contributed by atoms with Gasteiger partial charge in [0.2, 0.25) is 0 Å². The minimum absolute atomic E-state index is 0.814. The van der Waals surface area contributed by atoms with E-state index in [0.29, 0.717) is 0 Å². The molecule has 2 aromatic heterocycles. The van der Waals surface area contributed by atoms with Crippen LogP contribution in [0.5, 0.6) is 0 Å². The van der Waals surface area contributed by atoms with E-state index in [1.165, 1.54) is 25.7 Å². The Bertz CT molecular complexity index is 464. The zero-order valence-electron chi connectivity index (χ0n) is 9.46. The maximum atomic E-state index is 4.46. The van der Waals surface area contributed by atoms with E-state index >= 15 is 0 Å². The van der Waals surface area contributed by atoms with Gasteiger partial charge < -0.3 is 4.98 Å². The lowest BCUT2D eigenvalue weighted by Crippen LogP contribution is -1.88. The van der Waals surface area contributed by atoms with E-state index in [0.717, 1.165) is 27.9 Å². The second-order valence-corrected chi connectivity index (χ2v) is 4.93. The average Bonchev–Trinajstić information content (AvgIpc) is 2.66. The van der Waals surface area contributed by atoms with Crippen molar-refractivity contribution in [2.75, 3.05) is 0 Å². The molecule has 0 unspecified atom stereocenters. The first-order chi connectivity index (χ1) is 7.79. The summed E-state index contributed by atoms with van der Waals surface area (Å²) in [6.07, 6.45) is 7.87. The normalized spacial score (nSPS) is 11.1. The van der Waals surface area contributed by atoms with Crippen LogP contribution in [0.3, 0.4) is 0 Å². The summed E-state index contributed by atoms with van der Waals surface area (Å²) in [5.41, 5.74) is 1.83. The molecule has 0 radical (unpaired) electrons. The molecule has 86 valence electrons. The highest BCUT2D eigenvalue weighted by Gasteiger charge is 2.03. The highest BCUT2D eigenvalue weighted by molar-refractivity contribution is 9.10. The lowest BCUT2D eigenvalue weighted by molar-refractivity contribution is 0.656. The molecular weight excluding hydrogens is 266 g/mol. The molecule has 0 atom stereocenters. The van der Waals surface area contributed by atoms with E-state index in [1.54, 1.807) is 6.20 Å². The van der Waals surface area contributed by atoms with E-state index in [-0.39, 0.29) is 0 Å². The molecule has 0 fully saturated rings. The number of imidazole rings is 1. The van der Waals surface area contributed by atoms with Crippen LogP contribution in [-0.4, -0.2) is 15.0 Å². The van der Waals surface area contributed by atoms with Crippen LogP contribution in [0, 0.1) is 0 Å². The van der Waals surface area contributed by atoms with E-state index in [1.807, 2.05) is 6.07 Å². The van der Waals surface area contributed by atoms with Crippen LogP contribution < -0.4 is 0 Å². The Kier molecular flexibility index (Phi) is 3.93. The molecule has 0 saturated heterocycles. The van der Waals surface area contributed by atoms with Gasteiger partial charge in [-0.15, -0.1) is 0 Å². The average molecular weight is 282 g/mol. The number of aryl methyl sites for hydroxylation is 1. The number of H-pyrrole nitrogens is 1. The van der Waals surface area contributed by atoms with Crippen LogP contribution in [0.1, 0.15) is 38.4 Å². The number of nitrogens with one attached hydrogen (secondary N) is 1. The maximum Gasteiger partial charge on any atom is 0.177 e. The van der Waals surface area contributed by atoms with Crippen molar-refractivity contribution in [3.8, 4) is 0 Å². The monoisotopic (exact) mass is 281 g/mol. The lowest BCUT2D eigenvalue weighted by Gasteiger charge is -1.95. The van der Waals surface area contributed by atoms with Gasteiger partial charge in [-0.25, -0.2) is 9.97 Å². The molecule has 0 saturated carbocycles. The molecule has 2 aromatic rings. The minimum atomic E-state index is 0.814. The Hall–Kier alpha value is -0.900. The van der Waals surface area contributed by atoms with Gasteiger partial charge in [0.05, 0.1) is 5.52 Å². The zero-order chi connectivity index (χ0) is 11.4. The fraction of sp³-hybridized carbons (Fsp3) is 0.500. The Morgan fingerprint density at radius 2 is 2.19 bits per heavy atom. The number of nitrogens with zero attached hydrogens (tertiary/aromatic N) is 2. The number of unbranched alkanes of at least 4 members (excludes halogenated alkanes) is 3. The fourth-order valence-electron chi connectivity index (χ4n) is 1.76. The van der Waals surface area contributed by atoms with Gasteiger partial charge in [-0.3, -0.25) is 0 Å².